The second kappa shape index (κ2) is 6.75. The average molecular weight is 304 g/mol. The number of fused-ring (bicyclic) bond motifs is 1. The van der Waals surface area contributed by atoms with Gasteiger partial charge in [-0.1, -0.05) is 18.6 Å². The summed E-state index contributed by atoms with van der Waals surface area (Å²) in [7, 11) is 1.73. The standard InChI is InChI=1S/C17H24N2OS/c1-20-14-5-6-15-16(11-14)13(12-18-17(15)21)7-10-19-8-3-2-4-9-19/h5-6,11,13H,2-4,7-10,12H2,1H3,(H,18,21). The van der Waals surface area contributed by atoms with E-state index in [9.17, 15) is 0 Å². The Balaban J connectivity index is 1.71. The van der Waals surface area contributed by atoms with Gasteiger partial charge in [0.05, 0.1) is 7.11 Å². The van der Waals surface area contributed by atoms with Crippen LogP contribution in [0, 0.1) is 0 Å². The van der Waals surface area contributed by atoms with Gasteiger partial charge in [-0.2, -0.15) is 0 Å². The van der Waals surface area contributed by atoms with Crippen LogP contribution in [0.3, 0.4) is 0 Å². The first-order valence-corrected chi connectivity index (χ1v) is 8.37. The molecule has 0 aliphatic carbocycles. The molecule has 2 heterocycles. The van der Waals surface area contributed by atoms with E-state index in [0.29, 0.717) is 5.92 Å². The van der Waals surface area contributed by atoms with Gasteiger partial charge in [0.15, 0.2) is 0 Å². The van der Waals surface area contributed by atoms with Crippen molar-refractivity contribution in [3.63, 3.8) is 0 Å². The number of hydrogen-bond acceptors (Lipinski definition) is 3. The number of thiocarbonyl (C=S) groups is 1. The van der Waals surface area contributed by atoms with E-state index in [1.54, 1.807) is 7.11 Å². The van der Waals surface area contributed by atoms with Crippen LogP contribution in [0.4, 0.5) is 0 Å². The summed E-state index contributed by atoms with van der Waals surface area (Å²) in [6, 6.07) is 6.26. The average Bonchev–Trinajstić information content (AvgIpc) is 2.55. The fourth-order valence-corrected chi connectivity index (χ4v) is 3.68. The molecule has 0 radical (unpaired) electrons. The van der Waals surface area contributed by atoms with E-state index in [1.807, 2.05) is 6.07 Å². The van der Waals surface area contributed by atoms with Crippen LogP contribution in [0.25, 0.3) is 0 Å². The lowest BCUT2D eigenvalue weighted by Gasteiger charge is -2.31. The number of methoxy groups -OCH3 is 1. The summed E-state index contributed by atoms with van der Waals surface area (Å²) in [6.07, 6.45) is 5.31. The molecule has 0 amide bonds. The van der Waals surface area contributed by atoms with Gasteiger partial charge in [-0.05, 0) is 62.7 Å². The molecule has 1 aromatic rings. The normalized spacial score (nSPS) is 22.5. The molecule has 114 valence electrons. The van der Waals surface area contributed by atoms with Crippen LogP contribution in [-0.4, -0.2) is 43.2 Å². The molecule has 1 atom stereocenters. The first-order chi connectivity index (χ1) is 10.3. The molecule has 2 aliphatic heterocycles. The van der Waals surface area contributed by atoms with Crippen molar-refractivity contribution in [1.82, 2.24) is 10.2 Å². The minimum atomic E-state index is 0.531. The van der Waals surface area contributed by atoms with Gasteiger partial charge in [0.25, 0.3) is 0 Å². The molecule has 1 saturated heterocycles. The largest absolute Gasteiger partial charge is 0.497 e. The summed E-state index contributed by atoms with van der Waals surface area (Å²) in [5.41, 5.74) is 2.54. The number of ether oxygens (including phenoxy) is 1. The maximum atomic E-state index is 5.44. The van der Waals surface area contributed by atoms with Crippen molar-refractivity contribution < 1.29 is 4.74 Å². The van der Waals surface area contributed by atoms with Crippen LogP contribution < -0.4 is 10.1 Å². The van der Waals surface area contributed by atoms with Gasteiger partial charge >= 0.3 is 0 Å². The molecule has 21 heavy (non-hydrogen) atoms. The monoisotopic (exact) mass is 304 g/mol. The minimum absolute atomic E-state index is 0.531. The number of hydrogen-bond donors (Lipinski definition) is 1. The summed E-state index contributed by atoms with van der Waals surface area (Å²) in [4.78, 5) is 3.48. The molecule has 2 aliphatic rings. The Morgan fingerprint density at radius 2 is 2.10 bits per heavy atom. The van der Waals surface area contributed by atoms with E-state index in [-0.39, 0.29) is 0 Å². The highest BCUT2D eigenvalue weighted by Crippen LogP contribution is 2.30. The van der Waals surface area contributed by atoms with E-state index in [0.717, 1.165) is 17.3 Å². The number of nitrogens with one attached hydrogen (secondary N) is 1. The Kier molecular flexibility index (Phi) is 4.76. The number of piperidine rings is 1. The van der Waals surface area contributed by atoms with Crippen LogP contribution in [0.2, 0.25) is 0 Å². The Hall–Kier alpha value is -1.13. The molecule has 3 rings (SSSR count). The lowest BCUT2D eigenvalue weighted by Crippen LogP contribution is -2.37. The molecule has 4 heteroatoms. The Labute approximate surface area is 132 Å². The van der Waals surface area contributed by atoms with Crippen LogP contribution >= 0.6 is 12.2 Å². The van der Waals surface area contributed by atoms with Crippen molar-refractivity contribution in [1.29, 1.82) is 0 Å². The molecule has 1 fully saturated rings. The lowest BCUT2D eigenvalue weighted by atomic mass is 9.88. The first kappa shape index (κ1) is 14.8. The Morgan fingerprint density at radius 1 is 1.29 bits per heavy atom. The van der Waals surface area contributed by atoms with E-state index < -0.39 is 0 Å². The molecule has 0 saturated carbocycles. The summed E-state index contributed by atoms with van der Waals surface area (Å²) in [6.45, 7) is 4.68. The summed E-state index contributed by atoms with van der Waals surface area (Å²) in [5, 5.41) is 3.39. The van der Waals surface area contributed by atoms with Crippen LogP contribution in [0.5, 0.6) is 5.75 Å². The number of rotatable bonds is 4. The van der Waals surface area contributed by atoms with Crippen molar-refractivity contribution in [2.24, 2.45) is 0 Å². The quantitative estimate of drug-likeness (QED) is 0.865. The van der Waals surface area contributed by atoms with Gasteiger partial charge in [-0.25, -0.2) is 0 Å². The first-order valence-electron chi connectivity index (χ1n) is 7.96. The van der Waals surface area contributed by atoms with Crippen molar-refractivity contribution in [2.75, 3.05) is 33.3 Å². The van der Waals surface area contributed by atoms with Crippen molar-refractivity contribution in [2.45, 2.75) is 31.6 Å². The third kappa shape index (κ3) is 3.38. The number of benzene rings is 1. The number of nitrogens with zero attached hydrogens (tertiary/aromatic N) is 1. The molecular formula is C17H24N2OS. The van der Waals surface area contributed by atoms with Crippen molar-refractivity contribution in [3.8, 4) is 5.75 Å². The number of likely N-dealkylation sites (tertiary alicyclic amines) is 1. The maximum Gasteiger partial charge on any atom is 0.119 e. The fraction of sp³-hybridized carbons (Fsp3) is 0.588. The topological polar surface area (TPSA) is 24.5 Å². The zero-order valence-corrected chi connectivity index (χ0v) is 13.5. The Morgan fingerprint density at radius 3 is 2.86 bits per heavy atom. The molecule has 0 bridgehead atoms. The van der Waals surface area contributed by atoms with Gasteiger partial charge in [0.2, 0.25) is 0 Å². The third-order valence-electron chi connectivity index (χ3n) is 4.69. The van der Waals surface area contributed by atoms with Gasteiger partial charge in [0.1, 0.15) is 10.7 Å². The van der Waals surface area contributed by atoms with E-state index in [1.165, 1.54) is 56.4 Å². The maximum absolute atomic E-state index is 5.44. The van der Waals surface area contributed by atoms with Crippen LogP contribution in [0.1, 0.15) is 42.7 Å². The molecule has 1 N–H and O–H groups in total. The van der Waals surface area contributed by atoms with Gasteiger partial charge in [-0.15, -0.1) is 0 Å². The highest BCUT2D eigenvalue weighted by molar-refractivity contribution is 7.80. The molecule has 1 aromatic carbocycles. The van der Waals surface area contributed by atoms with Crippen LogP contribution in [-0.2, 0) is 0 Å². The minimum Gasteiger partial charge on any atom is -0.497 e. The molecule has 0 spiro atoms. The van der Waals surface area contributed by atoms with Gasteiger partial charge in [-0.3, -0.25) is 0 Å². The Bertz CT molecular complexity index is 512. The zero-order chi connectivity index (χ0) is 14.7. The predicted octanol–water partition coefficient (Wildman–Crippen LogP) is 2.93. The SMILES string of the molecule is COc1ccc2c(c1)C(CCN1CCCCC1)CNC2=S. The summed E-state index contributed by atoms with van der Waals surface area (Å²) < 4.78 is 5.38. The van der Waals surface area contributed by atoms with Gasteiger partial charge < -0.3 is 15.0 Å². The fourth-order valence-electron chi connectivity index (χ4n) is 3.41. The van der Waals surface area contributed by atoms with Crippen LogP contribution in [0.15, 0.2) is 18.2 Å². The van der Waals surface area contributed by atoms with Gasteiger partial charge in [0, 0.05) is 18.0 Å². The highest BCUT2D eigenvalue weighted by atomic mass is 32.1. The predicted molar refractivity (Wildman–Crippen MR) is 90.3 cm³/mol. The molecular weight excluding hydrogens is 280 g/mol. The summed E-state index contributed by atoms with van der Waals surface area (Å²) in [5.74, 6) is 1.46. The van der Waals surface area contributed by atoms with E-state index in [2.05, 4.69) is 22.3 Å². The lowest BCUT2D eigenvalue weighted by molar-refractivity contribution is 0.220. The van der Waals surface area contributed by atoms with Crippen molar-refractivity contribution >= 4 is 17.2 Å². The van der Waals surface area contributed by atoms with E-state index >= 15 is 0 Å². The zero-order valence-electron chi connectivity index (χ0n) is 12.7. The smallest absolute Gasteiger partial charge is 0.119 e. The molecule has 1 unspecified atom stereocenters. The van der Waals surface area contributed by atoms with E-state index in [4.69, 9.17) is 17.0 Å². The highest BCUT2D eigenvalue weighted by Gasteiger charge is 2.24. The second-order valence-corrected chi connectivity index (χ2v) is 6.46. The van der Waals surface area contributed by atoms with Crippen molar-refractivity contribution in [3.05, 3.63) is 29.3 Å². The second-order valence-electron chi connectivity index (χ2n) is 6.05. The summed E-state index contributed by atoms with van der Waals surface area (Å²) >= 11 is 5.44. The molecule has 3 nitrogen and oxygen atoms in total. The third-order valence-corrected chi connectivity index (χ3v) is 5.06. The molecule has 0 aromatic heterocycles.